The number of aromatic hydroxyl groups is 2. The molecule has 0 bridgehead atoms. The Morgan fingerprint density at radius 2 is 0.947 bits per heavy atom. The Morgan fingerprint density at radius 1 is 0.579 bits per heavy atom. The van der Waals surface area contributed by atoms with Crippen LogP contribution in [0.2, 0.25) is 0 Å². The molecule has 0 saturated carbocycles. The number of hydrogen-bond acceptors (Lipinski definition) is 8. The molecule has 2 atom stereocenters. The number of allylic oxidation sites excluding steroid dienone is 2. The quantitative estimate of drug-likeness (QED) is 0.309. The number of hydrogen-bond donors (Lipinski definition) is 4. The highest BCUT2D eigenvalue weighted by Crippen LogP contribution is 2.50. The SMILES string of the molecule is N#CC1=C(N)Oc2c(ccc3c4c(ccc23)C(c2ccc(O)cc2)C(C#N)=C(N)O4)C1c1ccc(O)cc1. The fourth-order valence-electron chi connectivity index (χ4n) is 5.26. The van der Waals surface area contributed by atoms with Crippen LogP contribution >= 0.6 is 0 Å². The maximum absolute atomic E-state index is 9.88. The zero-order valence-electron chi connectivity index (χ0n) is 19.8. The normalized spacial score (nSPS) is 18.1. The highest BCUT2D eigenvalue weighted by Gasteiger charge is 2.35. The van der Waals surface area contributed by atoms with Crippen molar-refractivity contribution < 1.29 is 19.7 Å². The molecular formula is C30H20N4O4. The first kappa shape index (κ1) is 22.8. The molecule has 0 spiro atoms. The second-order valence-corrected chi connectivity index (χ2v) is 9.10. The molecule has 2 aliphatic rings. The van der Waals surface area contributed by atoms with E-state index in [1.54, 1.807) is 48.5 Å². The molecule has 38 heavy (non-hydrogen) atoms. The first-order valence-electron chi connectivity index (χ1n) is 11.7. The first-order chi connectivity index (χ1) is 18.4. The Hall–Kier alpha value is -5.60. The molecule has 4 aromatic rings. The van der Waals surface area contributed by atoms with E-state index >= 15 is 0 Å². The third kappa shape index (κ3) is 3.36. The molecule has 4 aromatic carbocycles. The van der Waals surface area contributed by atoms with Crippen molar-refractivity contribution in [2.75, 3.05) is 0 Å². The van der Waals surface area contributed by atoms with Gasteiger partial charge in [-0.25, -0.2) is 0 Å². The number of phenolic OH excluding ortho intramolecular Hbond substituents is 2. The summed E-state index contributed by atoms with van der Waals surface area (Å²) in [6, 6.07) is 25.0. The number of fused-ring (bicyclic) bond motifs is 5. The van der Waals surface area contributed by atoms with Gasteiger partial charge in [0.2, 0.25) is 11.8 Å². The summed E-state index contributed by atoms with van der Waals surface area (Å²) in [7, 11) is 0. The van der Waals surface area contributed by atoms with Gasteiger partial charge in [-0.15, -0.1) is 0 Å². The van der Waals surface area contributed by atoms with Crippen molar-refractivity contribution >= 4 is 10.8 Å². The standard InChI is InChI=1S/C30H20N4O4/c31-13-23-25(15-1-5-17(35)6-2-15)21-11-9-20-19(27(21)37-29(23)33)10-12-22-26(16-3-7-18(36)8-4-16)24(14-32)30(34)38-28(20)22/h1-12,25-26,35-36H,33-34H2. The van der Waals surface area contributed by atoms with Gasteiger partial charge in [-0.1, -0.05) is 48.5 Å². The Labute approximate surface area is 217 Å². The van der Waals surface area contributed by atoms with Crippen LogP contribution < -0.4 is 20.9 Å². The van der Waals surface area contributed by atoms with Crippen LogP contribution in [0.4, 0.5) is 0 Å². The topological polar surface area (TPSA) is 159 Å². The van der Waals surface area contributed by atoms with Crippen LogP contribution in [0.1, 0.15) is 34.1 Å². The molecule has 8 heteroatoms. The number of nitrogens with two attached hydrogens (primary N) is 2. The van der Waals surface area contributed by atoms with Crippen molar-refractivity contribution in [2.45, 2.75) is 11.8 Å². The Kier molecular flexibility index (Phi) is 5.11. The molecule has 2 heterocycles. The zero-order chi connectivity index (χ0) is 26.6. The summed E-state index contributed by atoms with van der Waals surface area (Å²) in [6.45, 7) is 0. The molecule has 0 fully saturated rings. The van der Waals surface area contributed by atoms with Crippen molar-refractivity contribution in [3.8, 4) is 35.1 Å². The van der Waals surface area contributed by atoms with Crippen LogP contribution in [0.3, 0.4) is 0 Å². The molecule has 6 rings (SSSR count). The molecule has 0 amide bonds. The van der Waals surface area contributed by atoms with Gasteiger partial charge in [-0.05, 0) is 35.4 Å². The van der Waals surface area contributed by atoms with Crippen molar-refractivity contribution in [1.29, 1.82) is 10.5 Å². The van der Waals surface area contributed by atoms with Crippen molar-refractivity contribution in [2.24, 2.45) is 11.5 Å². The largest absolute Gasteiger partial charge is 0.508 e. The van der Waals surface area contributed by atoms with Crippen LogP contribution in [0.15, 0.2) is 95.7 Å². The van der Waals surface area contributed by atoms with Gasteiger partial charge in [0.15, 0.2) is 0 Å². The van der Waals surface area contributed by atoms with Crippen LogP contribution in [0.25, 0.3) is 10.8 Å². The third-order valence-corrected chi connectivity index (χ3v) is 7.01. The van der Waals surface area contributed by atoms with Crippen LogP contribution in [0.5, 0.6) is 23.0 Å². The van der Waals surface area contributed by atoms with Gasteiger partial charge in [0.05, 0.1) is 11.8 Å². The van der Waals surface area contributed by atoms with E-state index in [1.165, 1.54) is 0 Å². The van der Waals surface area contributed by atoms with E-state index in [-0.39, 0.29) is 34.4 Å². The molecule has 6 N–H and O–H groups in total. The molecule has 2 unspecified atom stereocenters. The van der Waals surface area contributed by atoms with Crippen molar-refractivity contribution in [3.63, 3.8) is 0 Å². The van der Waals surface area contributed by atoms with Crippen molar-refractivity contribution in [1.82, 2.24) is 0 Å². The highest BCUT2D eigenvalue weighted by molar-refractivity contribution is 5.97. The lowest BCUT2D eigenvalue weighted by Crippen LogP contribution is -2.22. The summed E-state index contributed by atoms with van der Waals surface area (Å²) in [5.41, 5.74) is 16.0. The minimum absolute atomic E-state index is 0.00244. The third-order valence-electron chi connectivity index (χ3n) is 7.01. The highest BCUT2D eigenvalue weighted by atomic mass is 16.5. The number of rotatable bonds is 2. The minimum Gasteiger partial charge on any atom is -0.508 e. The number of phenols is 2. The van der Waals surface area contributed by atoms with Crippen LogP contribution in [-0.2, 0) is 0 Å². The van der Waals surface area contributed by atoms with Crippen molar-refractivity contribution in [3.05, 3.63) is 118 Å². The molecule has 0 saturated heterocycles. The van der Waals surface area contributed by atoms with Gasteiger partial charge in [0.1, 0.15) is 46.3 Å². The summed E-state index contributed by atoms with van der Waals surface area (Å²) in [5.74, 6) is 0.205. The lowest BCUT2D eigenvalue weighted by atomic mass is 9.80. The minimum atomic E-state index is -0.495. The van der Waals surface area contributed by atoms with Gasteiger partial charge in [-0.2, -0.15) is 10.5 Å². The summed E-state index contributed by atoms with van der Waals surface area (Å²) in [5, 5.41) is 40.7. The fraction of sp³-hybridized carbons (Fsp3) is 0.0667. The van der Waals surface area contributed by atoms with Crippen LogP contribution in [0, 0.1) is 22.7 Å². The maximum Gasteiger partial charge on any atom is 0.205 e. The van der Waals surface area contributed by atoms with E-state index in [4.69, 9.17) is 20.9 Å². The smallest absolute Gasteiger partial charge is 0.205 e. The van der Waals surface area contributed by atoms with E-state index in [1.807, 2.05) is 24.3 Å². The Morgan fingerprint density at radius 3 is 1.29 bits per heavy atom. The van der Waals surface area contributed by atoms with Gasteiger partial charge < -0.3 is 31.2 Å². The second kappa shape index (κ2) is 8.51. The molecule has 8 nitrogen and oxygen atoms in total. The Bertz CT molecular complexity index is 1640. The lowest BCUT2D eigenvalue weighted by Gasteiger charge is -2.30. The van der Waals surface area contributed by atoms with Gasteiger partial charge in [-0.3, -0.25) is 0 Å². The summed E-state index contributed by atoms with van der Waals surface area (Å²) in [4.78, 5) is 0. The molecule has 0 radical (unpaired) electrons. The molecule has 2 aliphatic heterocycles. The predicted octanol–water partition coefficient (Wildman–Crippen LogP) is 4.69. The van der Waals surface area contributed by atoms with Gasteiger partial charge in [0.25, 0.3) is 0 Å². The summed E-state index contributed by atoms with van der Waals surface area (Å²) >= 11 is 0. The zero-order valence-corrected chi connectivity index (χ0v) is 19.8. The molecule has 0 aliphatic carbocycles. The van der Waals surface area contributed by atoms with E-state index in [2.05, 4.69) is 12.1 Å². The second-order valence-electron chi connectivity index (χ2n) is 9.10. The first-order valence-corrected chi connectivity index (χ1v) is 11.7. The van der Waals surface area contributed by atoms with Gasteiger partial charge >= 0.3 is 0 Å². The number of nitriles is 2. The number of nitrogens with zero attached hydrogens (tertiary/aromatic N) is 2. The molecule has 184 valence electrons. The average Bonchev–Trinajstić information content (AvgIpc) is 2.92. The average molecular weight is 501 g/mol. The predicted molar refractivity (Wildman–Crippen MR) is 139 cm³/mol. The van der Waals surface area contributed by atoms with E-state index in [0.717, 1.165) is 22.3 Å². The Balaban J connectivity index is 1.57. The molecule has 0 aromatic heterocycles. The monoisotopic (exact) mass is 500 g/mol. The van der Waals surface area contributed by atoms with E-state index < -0.39 is 11.8 Å². The maximum atomic E-state index is 9.88. The van der Waals surface area contributed by atoms with E-state index in [9.17, 15) is 20.7 Å². The van der Waals surface area contributed by atoms with Crippen LogP contribution in [-0.4, -0.2) is 10.2 Å². The van der Waals surface area contributed by atoms with E-state index in [0.29, 0.717) is 22.3 Å². The lowest BCUT2D eigenvalue weighted by molar-refractivity contribution is 0.393. The molecular weight excluding hydrogens is 480 g/mol. The summed E-state index contributed by atoms with van der Waals surface area (Å²) < 4.78 is 12.0. The van der Waals surface area contributed by atoms with Gasteiger partial charge in [0, 0.05) is 21.9 Å². The summed E-state index contributed by atoms with van der Waals surface area (Å²) in [6.07, 6.45) is 0. The number of ether oxygens (including phenoxy) is 2. The fourth-order valence-corrected chi connectivity index (χ4v) is 5.26. The number of benzene rings is 4.